The van der Waals surface area contributed by atoms with Gasteiger partial charge in [-0.15, -0.1) is 13.2 Å². The molecule has 1 fully saturated rings. The molecule has 0 atom stereocenters. The van der Waals surface area contributed by atoms with Crippen molar-refractivity contribution in [1.82, 2.24) is 0 Å². The molecule has 1 saturated heterocycles. The molecule has 4 rings (SSSR count). The summed E-state index contributed by atoms with van der Waals surface area (Å²) in [6.07, 6.45) is 0.175. The molecule has 44 heavy (non-hydrogen) atoms. The highest BCUT2D eigenvalue weighted by Gasteiger charge is 2.36. The highest BCUT2D eigenvalue weighted by atomic mass is 19.4. The average molecular weight is 615 g/mol. The minimum absolute atomic E-state index is 0.168. The maximum atomic E-state index is 13.9. The Bertz CT molecular complexity index is 1420. The molecule has 0 saturated carbocycles. The highest BCUT2D eigenvalue weighted by Crippen LogP contribution is 2.31. The number of esters is 1. The number of hydrogen-bond donors (Lipinski definition) is 0. The average Bonchev–Trinajstić information content (AvgIpc) is 2.98. The van der Waals surface area contributed by atoms with E-state index in [2.05, 4.69) is 23.5 Å². The minimum atomic E-state index is -4.99. The second kappa shape index (κ2) is 15.6. The largest absolute Gasteiger partial charge is 0.573 e. The summed E-state index contributed by atoms with van der Waals surface area (Å²) in [6, 6.07) is 16.0. The van der Waals surface area contributed by atoms with Crippen LogP contribution in [-0.4, -0.2) is 45.4 Å². The Hall–Kier alpha value is -4.07. The van der Waals surface area contributed by atoms with E-state index in [9.17, 15) is 22.4 Å². The molecule has 0 amide bonds. The van der Waals surface area contributed by atoms with Gasteiger partial charge in [-0.3, -0.25) is 0 Å². The number of rotatable bonds is 14. The molecule has 3 aromatic carbocycles. The van der Waals surface area contributed by atoms with Gasteiger partial charge in [0.1, 0.15) is 11.5 Å². The van der Waals surface area contributed by atoms with Crippen molar-refractivity contribution >= 4 is 5.97 Å². The first-order valence-corrected chi connectivity index (χ1v) is 14.4. The molecule has 0 aliphatic carbocycles. The van der Waals surface area contributed by atoms with Gasteiger partial charge in [0, 0.05) is 23.1 Å². The van der Waals surface area contributed by atoms with E-state index in [4.69, 9.17) is 18.9 Å². The third-order valence-electron chi connectivity index (χ3n) is 7.09. The van der Waals surface area contributed by atoms with Gasteiger partial charge in [0.15, 0.2) is 11.6 Å². The zero-order chi connectivity index (χ0) is 31.4. The van der Waals surface area contributed by atoms with Crippen molar-refractivity contribution < 1.29 is 46.0 Å². The molecule has 10 heteroatoms. The summed E-state index contributed by atoms with van der Waals surface area (Å²) in [5, 5.41) is 0. The lowest BCUT2D eigenvalue weighted by Gasteiger charge is -2.40. The summed E-state index contributed by atoms with van der Waals surface area (Å²) in [6.45, 7) is 5.92. The Balaban J connectivity index is 1.14. The van der Waals surface area contributed by atoms with Crippen molar-refractivity contribution in [3.63, 3.8) is 0 Å². The summed E-state index contributed by atoms with van der Waals surface area (Å²) < 4.78 is 76.7. The van der Waals surface area contributed by atoms with Crippen LogP contribution in [0, 0.1) is 23.1 Å². The molecule has 0 aromatic heterocycles. The van der Waals surface area contributed by atoms with Crippen molar-refractivity contribution in [1.29, 1.82) is 0 Å². The number of carbonyl (C=O) groups excluding carboxylic acids is 1. The second-order valence-corrected chi connectivity index (χ2v) is 10.5. The topological polar surface area (TPSA) is 63.2 Å². The third-order valence-corrected chi connectivity index (χ3v) is 7.09. The van der Waals surface area contributed by atoms with E-state index in [1.165, 1.54) is 6.07 Å². The molecule has 6 nitrogen and oxygen atoms in total. The zero-order valence-electron chi connectivity index (χ0n) is 24.4. The SMILES string of the molecule is CCC1(COCCCCCCOc2ccc(C(=O)Oc3ccc(C#Cc4ccc(OC(F)(F)F)c(F)c4)cc3)cc2)COC1. The molecule has 234 valence electrons. The lowest BCUT2D eigenvalue weighted by Crippen LogP contribution is -2.45. The van der Waals surface area contributed by atoms with E-state index in [1.807, 2.05) is 0 Å². The van der Waals surface area contributed by atoms with Gasteiger partial charge >= 0.3 is 12.3 Å². The number of carbonyl (C=O) groups is 1. The predicted molar refractivity (Wildman–Crippen MR) is 155 cm³/mol. The lowest BCUT2D eigenvalue weighted by atomic mass is 9.84. The smallest absolute Gasteiger partial charge is 0.494 e. The Morgan fingerprint density at radius 3 is 2.11 bits per heavy atom. The van der Waals surface area contributed by atoms with Gasteiger partial charge in [-0.25, -0.2) is 9.18 Å². The Labute approximate surface area is 254 Å². The first-order valence-electron chi connectivity index (χ1n) is 14.4. The van der Waals surface area contributed by atoms with Crippen LogP contribution in [0.4, 0.5) is 17.6 Å². The van der Waals surface area contributed by atoms with Gasteiger partial charge < -0.3 is 23.7 Å². The molecule has 0 radical (unpaired) electrons. The van der Waals surface area contributed by atoms with Crippen LogP contribution in [0.25, 0.3) is 0 Å². The van der Waals surface area contributed by atoms with Gasteiger partial charge in [0.25, 0.3) is 0 Å². The minimum Gasteiger partial charge on any atom is -0.494 e. The number of hydrogen-bond acceptors (Lipinski definition) is 6. The van der Waals surface area contributed by atoms with Crippen molar-refractivity contribution in [2.45, 2.75) is 45.4 Å². The summed E-state index contributed by atoms with van der Waals surface area (Å²) in [5.41, 5.74) is 1.29. The molecule has 0 spiro atoms. The quantitative estimate of drug-likeness (QED) is 0.0609. The predicted octanol–water partition coefficient (Wildman–Crippen LogP) is 7.73. The highest BCUT2D eigenvalue weighted by molar-refractivity contribution is 5.91. The number of halogens is 4. The fourth-order valence-corrected chi connectivity index (χ4v) is 4.31. The van der Waals surface area contributed by atoms with E-state index < -0.39 is 23.9 Å². The van der Waals surface area contributed by atoms with Crippen molar-refractivity contribution in [2.75, 3.05) is 33.0 Å². The number of ether oxygens (including phenoxy) is 5. The summed E-state index contributed by atoms with van der Waals surface area (Å²) >= 11 is 0. The molecule has 1 aliphatic heterocycles. The van der Waals surface area contributed by atoms with Crippen LogP contribution in [-0.2, 0) is 9.47 Å². The van der Waals surface area contributed by atoms with E-state index in [-0.39, 0.29) is 11.0 Å². The Morgan fingerprint density at radius 2 is 1.50 bits per heavy atom. The molecule has 1 aliphatic rings. The van der Waals surface area contributed by atoms with Crippen molar-refractivity contribution in [3.8, 4) is 29.1 Å². The van der Waals surface area contributed by atoms with Crippen molar-refractivity contribution in [3.05, 3.63) is 89.2 Å². The first kappa shape index (κ1) is 32.8. The van der Waals surface area contributed by atoms with Crippen LogP contribution in [0.1, 0.15) is 60.5 Å². The van der Waals surface area contributed by atoms with Gasteiger partial charge in [0.2, 0.25) is 0 Å². The van der Waals surface area contributed by atoms with E-state index in [0.717, 1.165) is 70.7 Å². The van der Waals surface area contributed by atoms with Crippen molar-refractivity contribution in [2.24, 2.45) is 5.41 Å². The summed E-state index contributed by atoms with van der Waals surface area (Å²) in [7, 11) is 0. The fraction of sp³-hybridized carbons (Fsp3) is 0.382. The molecule has 3 aromatic rings. The molecular weight excluding hydrogens is 580 g/mol. The van der Waals surface area contributed by atoms with Crippen LogP contribution >= 0.6 is 0 Å². The van der Waals surface area contributed by atoms with Crippen LogP contribution < -0.4 is 14.2 Å². The van der Waals surface area contributed by atoms with Crippen LogP contribution in [0.2, 0.25) is 0 Å². The maximum absolute atomic E-state index is 13.9. The van der Waals surface area contributed by atoms with Crippen LogP contribution in [0.3, 0.4) is 0 Å². The van der Waals surface area contributed by atoms with Crippen LogP contribution in [0.5, 0.6) is 17.2 Å². The number of alkyl halides is 3. The number of benzene rings is 3. The first-order chi connectivity index (χ1) is 21.1. The van der Waals surface area contributed by atoms with Crippen LogP contribution in [0.15, 0.2) is 66.7 Å². The van der Waals surface area contributed by atoms with E-state index >= 15 is 0 Å². The standard InChI is InChI=1S/C34H34F4O6/c1-2-33(23-41-24-33)22-40-19-5-3-4-6-20-42-28-16-12-27(13-17-28)32(39)43-29-14-9-25(10-15-29)7-8-26-11-18-31(30(35)21-26)44-34(36,37)38/h9-18,21H,2-6,19-20,22-24H2,1H3. The molecule has 0 N–H and O–H groups in total. The molecule has 0 unspecified atom stereocenters. The second-order valence-electron chi connectivity index (χ2n) is 10.5. The Kier molecular flexibility index (Phi) is 11.6. The molecule has 1 heterocycles. The normalized spacial score (nSPS) is 13.8. The van der Waals surface area contributed by atoms with Gasteiger partial charge in [-0.2, -0.15) is 0 Å². The summed E-state index contributed by atoms with van der Waals surface area (Å²) in [4.78, 5) is 12.5. The van der Waals surface area contributed by atoms with Gasteiger partial charge in [-0.1, -0.05) is 25.2 Å². The third kappa shape index (κ3) is 10.3. The van der Waals surface area contributed by atoms with E-state index in [0.29, 0.717) is 29.2 Å². The monoisotopic (exact) mass is 614 g/mol. The Morgan fingerprint density at radius 1 is 0.864 bits per heavy atom. The number of unbranched alkanes of at least 4 members (excludes halogenated alkanes) is 3. The van der Waals surface area contributed by atoms with Gasteiger partial charge in [-0.05, 0) is 92.4 Å². The van der Waals surface area contributed by atoms with E-state index in [1.54, 1.807) is 48.5 Å². The molecular formula is C34H34F4O6. The molecule has 0 bridgehead atoms. The lowest BCUT2D eigenvalue weighted by molar-refractivity contribution is -0.275. The fourth-order valence-electron chi connectivity index (χ4n) is 4.31. The zero-order valence-corrected chi connectivity index (χ0v) is 24.4. The summed E-state index contributed by atoms with van der Waals surface area (Å²) in [5.74, 6) is 3.77. The maximum Gasteiger partial charge on any atom is 0.573 e. The van der Waals surface area contributed by atoms with Gasteiger partial charge in [0.05, 0.1) is 32.0 Å².